The minimum absolute atomic E-state index is 0.0560. The first-order valence-corrected chi connectivity index (χ1v) is 7.36. The van der Waals surface area contributed by atoms with Crippen LogP contribution in [-0.4, -0.2) is 36.7 Å². The SMILES string of the molecule is C[C@H](NC(=O)[C@H]1Cc2ccccc2C(=O)O1)[C@@H]1CCCO1. The average Bonchev–Trinajstić information content (AvgIpc) is 3.01. The number of esters is 1. The molecule has 0 bridgehead atoms. The molecule has 1 N–H and O–H groups in total. The van der Waals surface area contributed by atoms with E-state index in [4.69, 9.17) is 9.47 Å². The van der Waals surface area contributed by atoms with Gasteiger partial charge in [-0.1, -0.05) is 18.2 Å². The summed E-state index contributed by atoms with van der Waals surface area (Å²) in [6, 6.07) is 7.16. The summed E-state index contributed by atoms with van der Waals surface area (Å²) in [5.41, 5.74) is 1.41. The van der Waals surface area contributed by atoms with E-state index in [2.05, 4.69) is 5.32 Å². The molecule has 1 aromatic rings. The van der Waals surface area contributed by atoms with Crippen LogP contribution in [0.15, 0.2) is 24.3 Å². The Morgan fingerprint density at radius 2 is 2.19 bits per heavy atom. The van der Waals surface area contributed by atoms with Crippen LogP contribution in [0.4, 0.5) is 0 Å². The molecular formula is C16H19NO4. The average molecular weight is 289 g/mol. The Kier molecular flexibility index (Phi) is 3.92. The van der Waals surface area contributed by atoms with E-state index in [-0.39, 0.29) is 18.1 Å². The molecule has 1 saturated heterocycles. The van der Waals surface area contributed by atoms with Crippen molar-refractivity contribution in [1.29, 1.82) is 0 Å². The lowest BCUT2D eigenvalue weighted by molar-refractivity contribution is -0.131. The number of rotatable bonds is 3. The highest BCUT2D eigenvalue weighted by Gasteiger charge is 2.33. The van der Waals surface area contributed by atoms with Gasteiger partial charge < -0.3 is 14.8 Å². The molecule has 0 spiro atoms. The van der Waals surface area contributed by atoms with Gasteiger partial charge in [-0.15, -0.1) is 0 Å². The molecule has 21 heavy (non-hydrogen) atoms. The summed E-state index contributed by atoms with van der Waals surface area (Å²) in [6.07, 6.45) is 1.70. The van der Waals surface area contributed by atoms with Crippen molar-refractivity contribution in [3.05, 3.63) is 35.4 Å². The van der Waals surface area contributed by atoms with Gasteiger partial charge in [0.1, 0.15) is 0 Å². The van der Waals surface area contributed by atoms with Crippen molar-refractivity contribution in [1.82, 2.24) is 5.32 Å². The number of hydrogen-bond donors (Lipinski definition) is 1. The lowest BCUT2D eigenvalue weighted by atomic mass is 9.98. The maximum Gasteiger partial charge on any atom is 0.339 e. The van der Waals surface area contributed by atoms with Crippen LogP contribution in [-0.2, 0) is 20.7 Å². The van der Waals surface area contributed by atoms with Crippen LogP contribution in [0.25, 0.3) is 0 Å². The third-order valence-electron chi connectivity index (χ3n) is 4.08. The zero-order chi connectivity index (χ0) is 14.8. The molecule has 2 aliphatic heterocycles. The number of cyclic esters (lactones) is 1. The van der Waals surface area contributed by atoms with Gasteiger partial charge in [-0.2, -0.15) is 0 Å². The summed E-state index contributed by atoms with van der Waals surface area (Å²) in [4.78, 5) is 24.2. The van der Waals surface area contributed by atoms with Gasteiger partial charge in [0, 0.05) is 13.0 Å². The number of fused-ring (bicyclic) bond motifs is 1. The molecule has 2 heterocycles. The Hall–Kier alpha value is -1.88. The van der Waals surface area contributed by atoms with E-state index in [0.29, 0.717) is 12.0 Å². The topological polar surface area (TPSA) is 64.6 Å². The van der Waals surface area contributed by atoms with E-state index in [0.717, 1.165) is 25.0 Å². The van der Waals surface area contributed by atoms with E-state index in [9.17, 15) is 9.59 Å². The summed E-state index contributed by atoms with van der Waals surface area (Å²) in [5.74, 6) is -0.678. The van der Waals surface area contributed by atoms with Crippen LogP contribution in [0, 0.1) is 0 Å². The Bertz CT molecular complexity index is 551. The number of carbonyl (C=O) groups excluding carboxylic acids is 2. The molecule has 1 amide bonds. The zero-order valence-corrected chi connectivity index (χ0v) is 12.0. The fraction of sp³-hybridized carbons (Fsp3) is 0.500. The highest BCUT2D eigenvalue weighted by Crippen LogP contribution is 2.21. The second kappa shape index (κ2) is 5.85. The number of nitrogens with one attached hydrogen (secondary N) is 1. The van der Waals surface area contributed by atoms with E-state index in [1.54, 1.807) is 12.1 Å². The molecule has 5 nitrogen and oxygen atoms in total. The summed E-state index contributed by atoms with van der Waals surface area (Å²) >= 11 is 0. The molecule has 0 radical (unpaired) electrons. The van der Waals surface area contributed by atoms with Crippen molar-refractivity contribution in [2.45, 2.75) is 44.4 Å². The Morgan fingerprint density at radius 3 is 2.95 bits per heavy atom. The number of hydrogen-bond acceptors (Lipinski definition) is 4. The molecule has 5 heteroatoms. The van der Waals surface area contributed by atoms with Crippen molar-refractivity contribution in [3.63, 3.8) is 0 Å². The maximum absolute atomic E-state index is 12.3. The van der Waals surface area contributed by atoms with Crippen LogP contribution in [0.2, 0.25) is 0 Å². The van der Waals surface area contributed by atoms with Crippen molar-refractivity contribution in [3.8, 4) is 0 Å². The van der Waals surface area contributed by atoms with Crippen LogP contribution < -0.4 is 5.32 Å². The first-order chi connectivity index (χ1) is 10.1. The lowest BCUT2D eigenvalue weighted by Gasteiger charge is -2.26. The molecule has 112 valence electrons. The third kappa shape index (κ3) is 2.93. The number of benzene rings is 1. The van der Waals surface area contributed by atoms with Gasteiger partial charge in [0.25, 0.3) is 5.91 Å². The van der Waals surface area contributed by atoms with Crippen LogP contribution >= 0.6 is 0 Å². The summed E-state index contributed by atoms with van der Waals surface area (Å²) < 4.78 is 10.8. The molecule has 0 saturated carbocycles. The molecule has 0 aliphatic carbocycles. The highest BCUT2D eigenvalue weighted by atomic mass is 16.5. The van der Waals surface area contributed by atoms with E-state index in [1.165, 1.54) is 0 Å². The highest BCUT2D eigenvalue weighted by molar-refractivity contribution is 5.95. The molecule has 1 fully saturated rings. The first-order valence-electron chi connectivity index (χ1n) is 7.36. The Morgan fingerprint density at radius 1 is 1.38 bits per heavy atom. The second-order valence-corrected chi connectivity index (χ2v) is 5.60. The quantitative estimate of drug-likeness (QED) is 0.855. The van der Waals surface area contributed by atoms with Crippen LogP contribution in [0.5, 0.6) is 0 Å². The predicted molar refractivity (Wildman–Crippen MR) is 75.9 cm³/mol. The largest absolute Gasteiger partial charge is 0.448 e. The molecule has 2 aliphatic rings. The fourth-order valence-electron chi connectivity index (χ4n) is 2.88. The number of amides is 1. The van der Waals surface area contributed by atoms with Crippen LogP contribution in [0.3, 0.4) is 0 Å². The smallest absolute Gasteiger partial charge is 0.339 e. The van der Waals surface area contributed by atoms with Gasteiger partial charge in [-0.3, -0.25) is 4.79 Å². The summed E-state index contributed by atoms with van der Waals surface area (Å²) in [6.45, 7) is 2.67. The van der Waals surface area contributed by atoms with Gasteiger partial charge in [0.2, 0.25) is 0 Å². The predicted octanol–water partition coefficient (Wildman–Crippen LogP) is 1.45. The van der Waals surface area contributed by atoms with Crippen molar-refractivity contribution >= 4 is 11.9 Å². The molecule has 3 rings (SSSR count). The Labute approximate surface area is 123 Å². The number of ether oxygens (including phenoxy) is 2. The van der Waals surface area contributed by atoms with Gasteiger partial charge in [0.05, 0.1) is 17.7 Å². The maximum atomic E-state index is 12.3. The van der Waals surface area contributed by atoms with Crippen LogP contribution in [0.1, 0.15) is 35.7 Å². The molecule has 0 aromatic heterocycles. The monoisotopic (exact) mass is 289 g/mol. The minimum atomic E-state index is -0.753. The van der Waals surface area contributed by atoms with Crippen molar-refractivity contribution < 1.29 is 19.1 Å². The molecular weight excluding hydrogens is 270 g/mol. The fourth-order valence-corrected chi connectivity index (χ4v) is 2.88. The van der Waals surface area contributed by atoms with Gasteiger partial charge in [0.15, 0.2) is 6.10 Å². The van der Waals surface area contributed by atoms with Gasteiger partial charge >= 0.3 is 5.97 Å². The summed E-state index contributed by atoms with van der Waals surface area (Å²) in [7, 11) is 0. The third-order valence-corrected chi connectivity index (χ3v) is 4.08. The Balaban J connectivity index is 1.65. The van der Waals surface area contributed by atoms with Crippen molar-refractivity contribution in [2.24, 2.45) is 0 Å². The molecule has 0 unspecified atom stereocenters. The standard InChI is InChI=1S/C16H19NO4/c1-10(13-7-4-8-20-13)17-15(18)14-9-11-5-2-3-6-12(11)16(19)21-14/h2-3,5-6,10,13-14H,4,7-9H2,1H3,(H,17,18)/t10-,13-,14+/m0/s1. The minimum Gasteiger partial charge on any atom is -0.448 e. The van der Waals surface area contributed by atoms with E-state index < -0.39 is 12.1 Å². The number of carbonyl (C=O) groups is 2. The zero-order valence-electron chi connectivity index (χ0n) is 12.0. The van der Waals surface area contributed by atoms with Crippen molar-refractivity contribution in [2.75, 3.05) is 6.61 Å². The lowest BCUT2D eigenvalue weighted by Crippen LogP contribution is -2.48. The normalized spacial score (nSPS) is 25.9. The molecule has 1 aromatic carbocycles. The first kappa shape index (κ1) is 14.1. The van der Waals surface area contributed by atoms with E-state index >= 15 is 0 Å². The van der Waals surface area contributed by atoms with E-state index in [1.807, 2.05) is 19.1 Å². The van der Waals surface area contributed by atoms with Gasteiger partial charge in [-0.05, 0) is 31.4 Å². The molecule has 3 atom stereocenters. The summed E-state index contributed by atoms with van der Waals surface area (Å²) in [5, 5.41) is 2.90. The van der Waals surface area contributed by atoms with Gasteiger partial charge in [-0.25, -0.2) is 4.79 Å². The second-order valence-electron chi connectivity index (χ2n) is 5.60.